The standard InChI is InChI=1S/C15H25FN2/c1-6-13(7-2)18(5)15-9-8-12(16)10-14(15)11(3)17-4/h8-11,13,17H,6-7H2,1-5H3. The predicted molar refractivity (Wildman–Crippen MR) is 76.6 cm³/mol. The fourth-order valence-corrected chi connectivity index (χ4v) is 2.38. The molecule has 0 amide bonds. The molecule has 0 bridgehead atoms. The van der Waals surface area contributed by atoms with E-state index in [1.165, 1.54) is 0 Å². The second-order valence-corrected chi connectivity index (χ2v) is 4.79. The quantitative estimate of drug-likeness (QED) is 0.830. The Kier molecular flexibility index (Phi) is 5.60. The van der Waals surface area contributed by atoms with E-state index in [1.807, 2.05) is 13.1 Å². The minimum absolute atomic E-state index is 0.146. The monoisotopic (exact) mass is 252 g/mol. The zero-order valence-corrected chi connectivity index (χ0v) is 12.1. The van der Waals surface area contributed by atoms with Gasteiger partial charge in [0.25, 0.3) is 0 Å². The molecule has 0 fully saturated rings. The molecule has 0 aromatic heterocycles. The Labute approximate surface area is 110 Å². The van der Waals surface area contributed by atoms with E-state index in [4.69, 9.17) is 0 Å². The van der Waals surface area contributed by atoms with Crippen molar-refractivity contribution in [3.8, 4) is 0 Å². The smallest absolute Gasteiger partial charge is 0.123 e. The fraction of sp³-hybridized carbons (Fsp3) is 0.600. The Hall–Kier alpha value is -1.09. The van der Waals surface area contributed by atoms with E-state index in [-0.39, 0.29) is 11.9 Å². The van der Waals surface area contributed by atoms with Gasteiger partial charge in [0.1, 0.15) is 5.82 Å². The molecule has 0 aliphatic carbocycles. The van der Waals surface area contributed by atoms with Crippen LogP contribution in [0.5, 0.6) is 0 Å². The van der Waals surface area contributed by atoms with Crippen LogP contribution in [0.1, 0.15) is 45.2 Å². The summed E-state index contributed by atoms with van der Waals surface area (Å²) in [6.07, 6.45) is 2.19. The third-order valence-electron chi connectivity index (χ3n) is 3.76. The highest BCUT2D eigenvalue weighted by molar-refractivity contribution is 5.55. The molecule has 18 heavy (non-hydrogen) atoms. The summed E-state index contributed by atoms with van der Waals surface area (Å²) in [7, 11) is 3.99. The maximum absolute atomic E-state index is 13.4. The van der Waals surface area contributed by atoms with Crippen molar-refractivity contribution in [3.63, 3.8) is 0 Å². The van der Waals surface area contributed by atoms with Crippen LogP contribution in [0.2, 0.25) is 0 Å². The van der Waals surface area contributed by atoms with Gasteiger partial charge in [-0.25, -0.2) is 4.39 Å². The van der Waals surface area contributed by atoms with Crippen LogP contribution in [0.15, 0.2) is 18.2 Å². The summed E-state index contributed by atoms with van der Waals surface area (Å²) in [5.74, 6) is -0.172. The molecule has 1 aromatic carbocycles. The highest BCUT2D eigenvalue weighted by Crippen LogP contribution is 2.28. The van der Waals surface area contributed by atoms with Gasteiger partial charge in [-0.2, -0.15) is 0 Å². The van der Waals surface area contributed by atoms with Crippen LogP contribution in [0.3, 0.4) is 0 Å². The molecule has 1 unspecified atom stereocenters. The van der Waals surface area contributed by atoms with Crippen LogP contribution in [-0.4, -0.2) is 20.1 Å². The van der Waals surface area contributed by atoms with Gasteiger partial charge in [-0.1, -0.05) is 13.8 Å². The van der Waals surface area contributed by atoms with Gasteiger partial charge in [-0.05, 0) is 50.6 Å². The van der Waals surface area contributed by atoms with Gasteiger partial charge in [-0.15, -0.1) is 0 Å². The number of nitrogens with zero attached hydrogens (tertiary/aromatic N) is 1. The summed E-state index contributed by atoms with van der Waals surface area (Å²) >= 11 is 0. The maximum atomic E-state index is 13.4. The van der Waals surface area contributed by atoms with Gasteiger partial charge in [0, 0.05) is 24.8 Å². The summed E-state index contributed by atoms with van der Waals surface area (Å²) in [5, 5.41) is 3.19. The molecule has 2 nitrogen and oxygen atoms in total. The zero-order valence-electron chi connectivity index (χ0n) is 12.1. The van der Waals surface area contributed by atoms with E-state index < -0.39 is 0 Å². The van der Waals surface area contributed by atoms with E-state index in [2.05, 4.69) is 38.0 Å². The molecule has 0 saturated heterocycles. The first-order valence-electron chi connectivity index (χ1n) is 6.74. The Morgan fingerprint density at radius 3 is 2.39 bits per heavy atom. The summed E-state index contributed by atoms with van der Waals surface area (Å²) in [6.45, 7) is 6.43. The molecule has 0 spiro atoms. The molecule has 0 saturated carbocycles. The molecule has 1 aromatic rings. The van der Waals surface area contributed by atoms with Crippen LogP contribution in [-0.2, 0) is 0 Å². The molecule has 1 N–H and O–H groups in total. The van der Waals surface area contributed by atoms with Crippen LogP contribution in [0.25, 0.3) is 0 Å². The molecular formula is C15H25FN2. The van der Waals surface area contributed by atoms with Crippen molar-refractivity contribution in [1.29, 1.82) is 0 Å². The van der Waals surface area contributed by atoms with Gasteiger partial charge in [-0.3, -0.25) is 0 Å². The number of benzene rings is 1. The molecular weight excluding hydrogens is 227 g/mol. The number of halogens is 1. The number of hydrogen-bond donors (Lipinski definition) is 1. The summed E-state index contributed by atoms with van der Waals surface area (Å²) < 4.78 is 13.4. The lowest BCUT2D eigenvalue weighted by molar-refractivity contribution is 0.576. The van der Waals surface area contributed by atoms with E-state index >= 15 is 0 Å². The largest absolute Gasteiger partial charge is 0.371 e. The second kappa shape index (κ2) is 6.74. The predicted octanol–water partition coefficient (Wildman–Crippen LogP) is 3.73. The van der Waals surface area contributed by atoms with Gasteiger partial charge in [0.15, 0.2) is 0 Å². The maximum Gasteiger partial charge on any atom is 0.123 e. The lowest BCUT2D eigenvalue weighted by Crippen LogP contribution is -2.32. The molecule has 0 aliphatic heterocycles. The Morgan fingerprint density at radius 1 is 1.28 bits per heavy atom. The van der Waals surface area contributed by atoms with E-state index in [0.717, 1.165) is 24.1 Å². The third-order valence-corrected chi connectivity index (χ3v) is 3.76. The lowest BCUT2D eigenvalue weighted by atomic mass is 10.0. The van der Waals surface area contributed by atoms with Crippen molar-refractivity contribution in [2.75, 3.05) is 19.0 Å². The molecule has 0 heterocycles. The number of rotatable bonds is 6. The molecule has 1 rings (SSSR count). The number of hydrogen-bond acceptors (Lipinski definition) is 2. The van der Waals surface area contributed by atoms with Crippen molar-refractivity contribution >= 4 is 5.69 Å². The molecule has 3 heteroatoms. The lowest BCUT2D eigenvalue weighted by Gasteiger charge is -2.31. The summed E-state index contributed by atoms with van der Waals surface area (Å²) in [5.41, 5.74) is 2.14. The number of anilines is 1. The highest BCUT2D eigenvalue weighted by Gasteiger charge is 2.17. The first-order valence-corrected chi connectivity index (χ1v) is 6.74. The first-order chi connectivity index (χ1) is 8.54. The highest BCUT2D eigenvalue weighted by atomic mass is 19.1. The van der Waals surface area contributed by atoms with E-state index in [9.17, 15) is 4.39 Å². The van der Waals surface area contributed by atoms with Crippen LogP contribution in [0, 0.1) is 5.82 Å². The zero-order chi connectivity index (χ0) is 13.7. The molecule has 0 radical (unpaired) electrons. The van der Waals surface area contributed by atoms with Crippen LogP contribution < -0.4 is 10.2 Å². The average molecular weight is 252 g/mol. The van der Waals surface area contributed by atoms with Gasteiger partial charge in [0.2, 0.25) is 0 Å². The van der Waals surface area contributed by atoms with E-state index in [1.54, 1.807) is 12.1 Å². The van der Waals surface area contributed by atoms with Gasteiger partial charge < -0.3 is 10.2 Å². The molecule has 102 valence electrons. The molecule has 1 atom stereocenters. The van der Waals surface area contributed by atoms with Crippen molar-refractivity contribution in [2.45, 2.75) is 45.7 Å². The Morgan fingerprint density at radius 2 is 1.89 bits per heavy atom. The summed E-state index contributed by atoms with van der Waals surface area (Å²) in [6, 6.07) is 5.71. The van der Waals surface area contributed by atoms with Crippen molar-refractivity contribution in [2.24, 2.45) is 0 Å². The minimum atomic E-state index is -0.172. The van der Waals surface area contributed by atoms with Crippen molar-refractivity contribution < 1.29 is 4.39 Å². The fourth-order valence-electron chi connectivity index (χ4n) is 2.38. The Bertz CT molecular complexity index is 375. The SMILES string of the molecule is CCC(CC)N(C)c1ccc(F)cc1C(C)NC. The Balaban J connectivity index is 3.14. The normalized spacial score (nSPS) is 12.8. The van der Waals surface area contributed by atoms with Crippen molar-refractivity contribution in [3.05, 3.63) is 29.6 Å². The van der Waals surface area contributed by atoms with Crippen LogP contribution >= 0.6 is 0 Å². The van der Waals surface area contributed by atoms with Gasteiger partial charge >= 0.3 is 0 Å². The topological polar surface area (TPSA) is 15.3 Å². The average Bonchev–Trinajstić information content (AvgIpc) is 2.38. The van der Waals surface area contributed by atoms with Crippen LogP contribution in [0.4, 0.5) is 10.1 Å². The summed E-state index contributed by atoms with van der Waals surface area (Å²) in [4.78, 5) is 2.27. The van der Waals surface area contributed by atoms with E-state index in [0.29, 0.717) is 6.04 Å². The third kappa shape index (κ3) is 3.22. The molecule has 0 aliphatic rings. The first kappa shape index (κ1) is 15.0. The second-order valence-electron chi connectivity index (χ2n) is 4.79. The van der Waals surface area contributed by atoms with Crippen molar-refractivity contribution in [1.82, 2.24) is 5.32 Å². The van der Waals surface area contributed by atoms with Gasteiger partial charge in [0.05, 0.1) is 0 Å². The minimum Gasteiger partial charge on any atom is -0.371 e. The number of nitrogens with one attached hydrogen (secondary N) is 1.